The lowest BCUT2D eigenvalue weighted by atomic mass is 9.93. The fourth-order valence-electron chi connectivity index (χ4n) is 1.82. The van der Waals surface area contributed by atoms with E-state index in [1.807, 2.05) is 26.2 Å². The smallest absolute Gasteiger partial charge is 0.161 e. The third-order valence-electron chi connectivity index (χ3n) is 3.09. The van der Waals surface area contributed by atoms with Crippen molar-refractivity contribution in [3.63, 3.8) is 0 Å². The Labute approximate surface area is 125 Å². The van der Waals surface area contributed by atoms with Crippen LogP contribution in [0.3, 0.4) is 0 Å². The Bertz CT molecular complexity index is 649. The van der Waals surface area contributed by atoms with Crippen molar-refractivity contribution in [1.29, 1.82) is 0 Å². The van der Waals surface area contributed by atoms with E-state index in [4.69, 9.17) is 0 Å². The van der Waals surface area contributed by atoms with Crippen molar-refractivity contribution in [2.24, 2.45) is 0 Å². The summed E-state index contributed by atoms with van der Waals surface area (Å²) in [6.07, 6.45) is -1.21. The van der Waals surface area contributed by atoms with Gasteiger partial charge in [0.25, 0.3) is 0 Å². The van der Waals surface area contributed by atoms with E-state index >= 15 is 0 Å². The number of hydrogen-bond acceptors (Lipinski definition) is 3. The number of hydrogen-bond donors (Lipinski definition) is 1. The van der Waals surface area contributed by atoms with Gasteiger partial charge in [-0.05, 0) is 6.07 Å². The van der Waals surface area contributed by atoms with Gasteiger partial charge in [0.15, 0.2) is 11.6 Å². The van der Waals surface area contributed by atoms with Gasteiger partial charge in [0, 0.05) is 28.8 Å². The largest absolute Gasteiger partial charge is 0.388 e. The van der Waals surface area contributed by atoms with Gasteiger partial charge in [-0.3, -0.25) is 0 Å². The topological polar surface area (TPSA) is 33.1 Å². The van der Waals surface area contributed by atoms with Crippen LogP contribution in [0.4, 0.5) is 13.2 Å². The maximum absolute atomic E-state index is 13.6. The highest BCUT2D eigenvalue weighted by Crippen LogP contribution is 2.28. The predicted octanol–water partition coefficient (Wildman–Crippen LogP) is 4.13. The highest BCUT2D eigenvalue weighted by atomic mass is 32.1. The average Bonchev–Trinajstić information content (AvgIpc) is 2.82. The van der Waals surface area contributed by atoms with E-state index in [-0.39, 0.29) is 17.4 Å². The highest BCUT2D eigenvalue weighted by molar-refractivity contribution is 7.09. The van der Waals surface area contributed by atoms with E-state index in [0.29, 0.717) is 17.1 Å². The summed E-state index contributed by atoms with van der Waals surface area (Å²) in [5, 5.41) is 12.5. The predicted molar refractivity (Wildman–Crippen MR) is 75.8 cm³/mol. The van der Waals surface area contributed by atoms with Crippen molar-refractivity contribution in [3.05, 3.63) is 51.2 Å². The number of halogens is 3. The maximum Gasteiger partial charge on any atom is 0.161 e. The van der Waals surface area contributed by atoms with Crippen LogP contribution in [-0.2, 0) is 11.8 Å². The Morgan fingerprint density at radius 1 is 1.14 bits per heavy atom. The molecule has 0 aliphatic heterocycles. The number of aliphatic hydroxyl groups excluding tert-OH is 1. The monoisotopic (exact) mass is 315 g/mol. The fourth-order valence-corrected chi connectivity index (χ4v) is 2.88. The molecular weight excluding hydrogens is 299 g/mol. The Hall–Kier alpha value is -1.40. The molecule has 0 saturated carbocycles. The second-order valence-corrected chi connectivity index (χ2v) is 6.83. The number of aromatic nitrogens is 1. The van der Waals surface area contributed by atoms with E-state index < -0.39 is 23.6 Å². The number of benzene rings is 1. The maximum atomic E-state index is 13.6. The van der Waals surface area contributed by atoms with Crippen LogP contribution >= 0.6 is 11.3 Å². The molecule has 2 nitrogen and oxygen atoms in total. The third-order valence-corrected chi connectivity index (χ3v) is 3.96. The molecule has 1 atom stereocenters. The third kappa shape index (κ3) is 3.63. The molecule has 0 fully saturated rings. The summed E-state index contributed by atoms with van der Waals surface area (Å²) in [5.41, 5.74) is 0.495. The van der Waals surface area contributed by atoms with Crippen LogP contribution in [0.15, 0.2) is 17.5 Å². The highest BCUT2D eigenvalue weighted by Gasteiger charge is 2.21. The molecule has 1 unspecified atom stereocenters. The lowest BCUT2D eigenvalue weighted by molar-refractivity contribution is 0.172. The van der Waals surface area contributed by atoms with Gasteiger partial charge in [0.2, 0.25) is 0 Å². The zero-order chi connectivity index (χ0) is 15.8. The second-order valence-electron chi connectivity index (χ2n) is 5.88. The van der Waals surface area contributed by atoms with E-state index in [2.05, 4.69) is 4.98 Å². The van der Waals surface area contributed by atoms with Gasteiger partial charge < -0.3 is 5.11 Å². The first kappa shape index (κ1) is 16.0. The van der Waals surface area contributed by atoms with Gasteiger partial charge >= 0.3 is 0 Å². The van der Waals surface area contributed by atoms with Crippen molar-refractivity contribution < 1.29 is 18.3 Å². The number of rotatable bonds is 3. The molecule has 21 heavy (non-hydrogen) atoms. The van der Waals surface area contributed by atoms with Crippen LogP contribution in [0, 0.1) is 17.5 Å². The molecule has 0 bridgehead atoms. The van der Waals surface area contributed by atoms with Crippen molar-refractivity contribution in [2.75, 3.05) is 0 Å². The van der Waals surface area contributed by atoms with Crippen molar-refractivity contribution in [3.8, 4) is 0 Å². The fraction of sp³-hybridized carbons (Fsp3) is 0.400. The average molecular weight is 315 g/mol. The van der Waals surface area contributed by atoms with Gasteiger partial charge in [0.05, 0.1) is 16.8 Å². The molecule has 0 saturated heterocycles. The molecule has 1 aromatic carbocycles. The summed E-state index contributed by atoms with van der Waals surface area (Å²) < 4.78 is 39.6. The van der Waals surface area contributed by atoms with Gasteiger partial charge in [0.1, 0.15) is 5.82 Å². The van der Waals surface area contributed by atoms with Crippen LogP contribution in [0.2, 0.25) is 0 Å². The Kier molecular flexibility index (Phi) is 4.39. The SMILES string of the molecule is CC(C)(C)c1csc(CC(O)c2cc(F)c(F)cc2F)n1. The summed E-state index contributed by atoms with van der Waals surface area (Å²) in [5.74, 6) is -3.42. The first-order valence-electron chi connectivity index (χ1n) is 6.46. The zero-order valence-corrected chi connectivity index (χ0v) is 12.8. The molecular formula is C15H16F3NOS. The van der Waals surface area contributed by atoms with Crippen LogP contribution in [0.25, 0.3) is 0 Å². The molecule has 1 aromatic heterocycles. The Balaban J connectivity index is 2.20. The van der Waals surface area contributed by atoms with Gasteiger partial charge in [-0.15, -0.1) is 11.3 Å². The molecule has 0 aliphatic rings. The first-order valence-corrected chi connectivity index (χ1v) is 7.34. The number of thiazole rings is 1. The molecule has 2 rings (SSSR count). The van der Waals surface area contributed by atoms with Gasteiger partial charge in [-0.2, -0.15) is 0 Å². The van der Waals surface area contributed by atoms with Crippen molar-refractivity contribution in [1.82, 2.24) is 4.98 Å². The summed E-state index contributed by atoms with van der Waals surface area (Å²) in [6, 6.07) is 1.13. The lowest BCUT2D eigenvalue weighted by Gasteiger charge is -2.14. The molecule has 6 heteroatoms. The summed E-state index contributed by atoms with van der Waals surface area (Å²) >= 11 is 1.35. The van der Waals surface area contributed by atoms with E-state index in [1.165, 1.54) is 11.3 Å². The summed E-state index contributed by atoms with van der Waals surface area (Å²) in [6.45, 7) is 6.03. The van der Waals surface area contributed by atoms with Gasteiger partial charge in [-0.1, -0.05) is 20.8 Å². The number of nitrogens with zero attached hydrogens (tertiary/aromatic N) is 1. The van der Waals surface area contributed by atoms with Gasteiger partial charge in [-0.25, -0.2) is 18.2 Å². The van der Waals surface area contributed by atoms with Crippen LogP contribution in [-0.4, -0.2) is 10.1 Å². The number of aliphatic hydroxyl groups is 1. The minimum Gasteiger partial charge on any atom is -0.388 e. The molecule has 2 aromatic rings. The Morgan fingerprint density at radius 2 is 1.76 bits per heavy atom. The lowest BCUT2D eigenvalue weighted by Crippen LogP contribution is -2.12. The molecule has 114 valence electrons. The van der Waals surface area contributed by atoms with Crippen molar-refractivity contribution in [2.45, 2.75) is 38.7 Å². The molecule has 1 N–H and O–H groups in total. The second kappa shape index (κ2) is 5.77. The summed E-state index contributed by atoms with van der Waals surface area (Å²) in [7, 11) is 0. The zero-order valence-electron chi connectivity index (χ0n) is 12.0. The molecule has 0 radical (unpaired) electrons. The Morgan fingerprint density at radius 3 is 2.33 bits per heavy atom. The van der Waals surface area contributed by atoms with E-state index in [0.717, 1.165) is 5.69 Å². The van der Waals surface area contributed by atoms with Crippen molar-refractivity contribution >= 4 is 11.3 Å². The van der Waals surface area contributed by atoms with Crippen LogP contribution in [0.1, 0.15) is 43.1 Å². The molecule has 0 aliphatic carbocycles. The molecule has 0 spiro atoms. The standard InChI is InChI=1S/C15H16F3NOS/c1-15(2,3)13-7-21-14(19-13)6-12(20)8-4-10(17)11(18)5-9(8)16/h4-5,7,12,20H,6H2,1-3H3. The van der Waals surface area contributed by atoms with E-state index in [1.54, 1.807) is 0 Å². The van der Waals surface area contributed by atoms with Crippen LogP contribution < -0.4 is 0 Å². The minimum absolute atomic E-state index is 0.0583. The van der Waals surface area contributed by atoms with Crippen LogP contribution in [0.5, 0.6) is 0 Å². The minimum atomic E-state index is -1.27. The molecule has 0 amide bonds. The normalized spacial score (nSPS) is 13.5. The first-order chi connectivity index (χ1) is 9.68. The van der Waals surface area contributed by atoms with E-state index in [9.17, 15) is 18.3 Å². The molecule has 1 heterocycles. The summed E-state index contributed by atoms with van der Waals surface area (Å²) in [4.78, 5) is 4.38. The quantitative estimate of drug-likeness (QED) is 0.864.